The first-order valence-corrected chi connectivity index (χ1v) is 8.26. The van der Waals surface area contributed by atoms with E-state index in [9.17, 15) is 0 Å². The van der Waals surface area contributed by atoms with Crippen LogP contribution in [0.5, 0.6) is 0 Å². The van der Waals surface area contributed by atoms with E-state index in [-0.39, 0.29) is 24.0 Å². The van der Waals surface area contributed by atoms with E-state index in [0.717, 1.165) is 30.3 Å². The second-order valence-corrected chi connectivity index (χ2v) is 5.68. The van der Waals surface area contributed by atoms with Gasteiger partial charge in [0.15, 0.2) is 5.96 Å². The second-order valence-electron chi connectivity index (χ2n) is 5.68. The van der Waals surface area contributed by atoms with E-state index in [2.05, 4.69) is 32.0 Å². The quantitative estimate of drug-likeness (QED) is 0.333. The monoisotopic (exact) mass is 465 g/mol. The lowest BCUT2D eigenvalue weighted by Gasteiger charge is -2.11. The molecular weight excluding hydrogens is 441 g/mol. The third kappa shape index (κ3) is 5.32. The molecule has 138 valence electrons. The Morgan fingerprint density at radius 1 is 1.12 bits per heavy atom. The van der Waals surface area contributed by atoms with Crippen molar-refractivity contribution >= 4 is 29.9 Å². The van der Waals surface area contributed by atoms with E-state index in [1.807, 2.05) is 59.0 Å². The zero-order chi connectivity index (χ0) is 17.5. The number of hydrogen-bond donors (Lipinski definition) is 2. The van der Waals surface area contributed by atoms with Gasteiger partial charge < -0.3 is 10.6 Å². The van der Waals surface area contributed by atoms with Crippen LogP contribution in [0.4, 0.5) is 0 Å². The molecule has 3 rings (SSSR count). The number of guanidine groups is 1. The molecule has 8 heteroatoms. The van der Waals surface area contributed by atoms with Crippen LogP contribution >= 0.6 is 24.0 Å². The van der Waals surface area contributed by atoms with Crippen molar-refractivity contribution < 1.29 is 0 Å². The molecule has 0 aliphatic carbocycles. The highest BCUT2D eigenvalue weighted by molar-refractivity contribution is 14.0. The molecule has 3 aromatic rings. The van der Waals surface area contributed by atoms with Crippen LogP contribution in [0.2, 0.25) is 0 Å². The van der Waals surface area contributed by atoms with Gasteiger partial charge in [-0.15, -0.1) is 24.0 Å². The molecule has 0 atom stereocenters. The van der Waals surface area contributed by atoms with Crippen LogP contribution in [-0.2, 0) is 20.0 Å². The molecule has 0 amide bonds. The second kappa shape index (κ2) is 9.95. The van der Waals surface area contributed by atoms with Crippen LogP contribution in [0.15, 0.2) is 60.0 Å². The Morgan fingerprint density at radius 3 is 2.62 bits per heavy atom. The van der Waals surface area contributed by atoms with Gasteiger partial charge in [-0.1, -0.05) is 18.2 Å². The molecule has 0 saturated heterocycles. The minimum atomic E-state index is 0. The van der Waals surface area contributed by atoms with Gasteiger partial charge in [0.25, 0.3) is 0 Å². The van der Waals surface area contributed by atoms with Gasteiger partial charge in [0.1, 0.15) is 0 Å². The molecule has 0 fully saturated rings. The maximum atomic E-state index is 4.42. The van der Waals surface area contributed by atoms with Crippen molar-refractivity contribution in [2.24, 2.45) is 12.0 Å². The number of nitrogens with zero attached hydrogens (tertiary/aromatic N) is 5. The molecule has 0 aliphatic rings. The van der Waals surface area contributed by atoms with Crippen molar-refractivity contribution in [1.82, 2.24) is 30.2 Å². The van der Waals surface area contributed by atoms with Gasteiger partial charge >= 0.3 is 0 Å². The highest BCUT2D eigenvalue weighted by atomic mass is 127. The maximum Gasteiger partial charge on any atom is 0.191 e. The SMILES string of the molecule is CN=C(NCCc1cnn(-c2ccccc2)c1)NCc1ccnn1C.I. The fraction of sp³-hybridized carbons (Fsp3) is 0.278. The van der Waals surface area contributed by atoms with Crippen molar-refractivity contribution in [3.63, 3.8) is 0 Å². The van der Waals surface area contributed by atoms with E-state index in [0.29, 0.717) is 6.54 Å². The van der Waals surface area contributed by atoms with Gasteiger partial charge in [-0.05, 0) is 30.2 Å². The average Bonchev–Trinajstić information content (AvgIpc) is 3.28. The predicted molar refractivity (Wildman–Crippen MR) is 114 cm³/mol. The lowest BCUT2D eigenvalue weighted by molar-refractivity contribution is 0.684. The van der Waals surface area contributed by atoms with Crippen LogP contribution in [0, 0.1) is 0 Å². The smallest absolute Gasteiger partial charge is 0.191 e. The summed E-state index contributed by atoms with van der Waals surface area (Å²) in [6.45, 7) is 1.47. The first kappa shape index (κ1) is 20.0. The van der Waals surface area contributed by atoms with Crippen molar-refractivity contribution in [3.05, 3.63) is 66.2 Å². The number of halogens is 1. The van der Waals surface area contributed by atoms with E-state index in [4.69, 9.17) is 0 Å². The number of rotatable bonds is 6. The number of aryl methyl sites for hydroxylation is 1. The normalized spacial score (nSPS) is 11.1. The number of benzene rings is 1. The molecule has 1 aromatic carbocycles. The van der Waals surface area contributed by atoms with Crippen LogP contribution in [0.3, 0.4) is 0 Å². The maximum absolute atomic E-state index is 4.42. The molecule has 2 aromatic heterocycles. The molecular formula is C18H24IN7. The Labute approximate surface area is 170 Å². The highest BCUT2D eigenvalue weighted by Gasteiger charge is 2.03. The Morgan fingerprint density at radius 2 is 1.92 bits per heavy atom. The predicted octanol–water partition coefficient (Wildman–Crippen LogP) is 2.13. The van der Waals surface area contributed by atoms with Gasteiger partial charge in [0.05, 0.1) is 24.1 Å². The van der Waals surface area contributed by atoms with Gasteiger partial charge in [-0.3, -0.25) is 9.67 Å². The first-order chi connectivity index (χ1) is 12.3. The fourth-order valence-corrected chi connectivity index (χ4v) is 2.51. The van der Waals surface area contributed by atoms with Crippen LogP contribution in [0.25, 0.3) is 5.69 Å². The molecule has 0 aliphatic heterocycles. The number of nitrogens with one attached hydrogen (secondary N) is 2. The van der Waals surface area contributed by atoms with E-state index < -0.39 is 0 Å². The number of aliphatic imine (C=N–C) groups is 1. The van der Waals surface area contributed by atoms with Crippen LogP contribution < -0.4 is 10.6 Å². The van der Waals surface area contributed by atoms with Crippen LogP contribution in [0.1, 0.15) is 11.3 Å². The summed E-state index contributed by atoms with van der Waals surface area (Å²) in [5.74, 6) is 0.775. The lowest BCUT2D eigenvalue weighted by Crippen LogP contribution is -2.38. The van der Waals surface area contributed by atoms with Crippen molar-refractivity contribution in [2.75, 3.05) is 13.6 Å². The Hall–Kier alpha value is -2.36. The summed E-state index contributed by atoms with van der Waals surface area (Å²) in [7, 11) is 3.70. The Kier molecular flexibility index (Phi) is 7.64. The molecule has 7 nitrogen and oxygen atoms in total. The lowest BCUT2D eigenvalue weighted by atomic mass is 10.2. The molecule has 0 bridgehead atoms. The van der Waals surface area contributed by atoms with Gasteiger partial charge in [0.2, 0.25) is 0 Å². The highest BCUT2D eigenvalue weighted by Crippen LogP contribution is 2.07. The molecule has 0 radical (unpaired) electrons. The standard InChI is InChI=1S/C18H23N7.HI/c1-19-18(21-13-17-9-11-22-24(17)2)20-10-8-15-12-23-25(14-15)16-6-4-3-5-7-16;/h3-7,9,11-12,14H,8,10,13H2,1-2H3,(H2,19,20,21);1H. The van der Waals surface area contributed by atoms with Crippen molar-refractivity contribution in [3.8, 4) is 5.69 Å². The summed E-state index contributed by atoms with van der Waals surface area (Å²) in [5, 5.41) is 15.2. The molecule has 0 unspecified atom stereocenters. The Balaban J connectivity index is 0.00000243. The Bertz CT molecular complexity index is 823. The molecule has 0 saturated carbocycles. The van der Waals surface area contributed by atoms with Crippen molar-refractivity contribution in [2.45, 2.75) is 13.0 Å². The van der Waals surface area contributed by atoms with Crippen LogP contribution in [-0.4, -0.2) is 39.1 Å². The third-order valence-corrected chi connectivity index (χ3v) is 3.95. The van der Waals surface area contributed by atoms with E-state index in [1.54, 1.807) is 13.2 Å². The summed E-state index contributed by atoms with van der Waals surface area (Å²) in [6, 6.07) is 12.1. The number of aromatic nitrogens is 4. The van der Waals surface area contributed by atoms with E-state index >= 15 is 0 Å². The van der Waals surface area contributed by atoms with Gasteiger partial charge in [-0.2, -0.15) is 10.2 Å². The summed E-state index contributed by atoms with van der Waals surface area (Å²) in [4.78, 5) is 4.25. The molecule has 2 heterocycles. The largest absolute Gasteiger partial charge is 0.356 e. The average molecular weight is 465 g/mol. The van der Waals surface area contributed by atoms with Crippen molar-refractivity contribution in [1.29, 1.82) is 0 Å². The van der Waals surface area contributed by atoms with Gasteiger partial charge in [0, 0.05) is 33.0 Å². The summed E-state index contributed by atoms with van der Waals surface area (Å²) >= 11 is 0. The zero-order valence-corrected chi connectivity index (χ0v) is 17.3. The third-order valence-electron chi connectivity index (χ3n) is 3.95. The fourth-order valence-electron chi connectivity index (χ4n) is 2.51. The summed E-state index contributed by atoms with van der Waals surface area (Å²) in [5.41, 5.74) is 3.35. The van der Waals surface area contributed by atoms with E-state index in [1.165, 1.54) is 5.56 Å². The molecule has 0 spiro atoms. The summed E-state index contributed by atoms with van der Waals surface area (Å²) in [6.07, 6.45) is 6.63. The summed E-state index contributed by atoms with van der Waals surface area (Å²) < 4.78 is 3.74. The molecule has 2 N–H and O–H groups in total. The number of para-hydroxylation sites is 1. The van der Waals surface area contributed by atoms with Gasteiger partial charge in [-0.25, -0.2) is 4.68 Å². The first-order valence-electron chi connectivity index (χ1n) is 8.26. The topological polar surface area (TPSA) is 72.1 Å². The minimum absolute atomic E-state index is 0. The zero-order valence-electron chi connectivity index (χ0n) is 15.0. The number of hydrogen-bond acceptors (Lipinski definition) is 3. The molecule has 26 heavy (non-hydrogen) atoms. The minimum Gasteiger partial charge on any atom is -0.356 e.